The van der Waals surface area contributed by atoms with Crippen molar-refractivity contribution in [3.05, 3.63) is 59.9 Å². The number of nitrogens with one attached hydrogen (secondary N) is 1. The van der Waals surface area contributed by atoms with Gasteiger partial charge in [0, 0.05) is 24.8 Å². The normalized spacial score (nSPS) is 24.6. The molecule has 2 aromatic rings. The SMILES string of the molecule is CS(=O)(=O)c1ccc(OCC2(CNCc3ccc(F)cc3)C[C@@H](O)[C@@H](O)C2)cc1. The van der Waals surface area contributed by atoms with Gasteiger partial charge in [-0.3, -0.25) is 0 Å². The predicted octanol–water partition coefficient (Wildman–Crippen LogP) is 1.90. The molecule has 0 aromatic heterocycles. The molecule has 0 radical (unpaired) electrons. The molecule has 3 N–H and O–H groups in total. The zero-order valence-corrected chi connectivity index (χ0v) is 17.0. The molecule has 1 saturated carbocycles. The van der Waals surface area contributed by atoms with Crippen LogP contribution in [0.3, 0.4) is 0 Å². The minimum Gasteiger partial charge on any atom is -0.493 e. The number of aliphatic hydroxyl groups excluding tert-OH is 2. The van der Waals surface area contributed by atoms with Gasteiger partial charge in [-0.05, 0) is 54.8 Å². The first kappa shape index (κ1) is 21.7. The summed E-state index contributed by atoms with van der Waals surface area (Å²) >= 11 is 0. The van der Waals surface area contributed by atoms with E-state index in [1.54, 1.807) is 24.3 Å². The van der Waals surface area contributed by atoms with Gasteiger partial charge in [-0.2, -0.15) is 0 Å². The summed E-state index contributed by atoms with van der Waals surface area (Å²) < 4.78 is 42.0. The third kappa shape index (κ3) is 5.76. The number of sulfone groups is 1. The summed E-state index contributed by atoms with van der Waals surface area (Å²) in [4.78, 5) is 0.215. The number of ether oxygens (including phenoxy) is 1. The first-order chi connectivity index (χ1) is 13.7. The monoisotopic (exact) mass is 423 g/mol. The Hall–Kier alpha value is -2.00. The van der Waals surface area contributed by atoms with E-state index >= 15 is 0 Å². The van der Waals surface area contributed by atoms with Crippen molar-refractivity contribution in [1.29, 1.82) is 0 Å². The Labute approximate surface area is 170 Å². The molecule has 1 aliphatic rings. The second-order valence-electron chi connectivity index (χ2n) is 7.81. The standard InChI is InChI=1S/C21H26FNO5S/c1-29(26,27)18-8-6-17(7-9-18)28-14-21(10-19(24)20(25)11-21)13-23-12-15-2-4-16(22)5-3-15/h2-9,19-20,23-25H,10-14H2,1H3/t19-,20+,21?. The molecule has 0 aliphatic heterocycles. The molecule has 29 heavy (non-hydrogen) atoms. The number of rotatable bonds is 8. The Kier molecular flexibility index (Phi) is 6.58. The topological polar surface area (TPSA) is 95.9 Å². The van der Waals surface area contributed by atoms with Crippen LogP contribution in [0.25, 0.3) is 0 Å². The van der Waals surface area contributed by atoms with Crippen molar-refractivity contribution in [3.8, 4) is 5.75 Å². The molecular weight excluding hydrogens is 397 g/mol. The fraction of sp³-hybridized carbons (Fsp3) is 0.429. The zero-order valence-electron chi connectivity index (χ0n) is 16.2. The van der Waals surface area contributed by atoms with Crippen molar-refractivity contribution in [2.75, 3.05) is 19.4 Å². The van der Waals surface area contributed by atoms with E-state index in [1.807, 2.05) is 0 Å². The molecule has 1 aliphatic carbocycles. The van der Waals surface area contributed by atoms with Gasteiger partial charge in [0.15, 0.2) is 9.84 Å². The number of hydrogen-bond acceptors (Lipinski definition) is 6. The second-order valence-corrected chi connectivity index (χ2v) is 9.82. The number of hydrogen-bond donors (Lipinski definition) is 3. The van der Waals surface area contributed by atoms with Gasteiger partial charge in [0.1, 0.15) is 11.6 Å². The van der Waals surface area contributed by atoms with Gasteiger partial charge in [-0.15, -0.1) is 0 Å². The van der Waals surface area contributed by atoms with Crippen LogP contribution in [0.2, 0.25) is 0 Å². The fourth-order valence-corrected chi connectivity index (χ4v) is 4.28. The smallest absolute Gasteiger partial charge is 0.175 e. The Balaban J connectivity index is 1.63. The van der Waals surface area contributed by atoms with Crippen LogP contribution in [0.4, 0.5) is 4.39 Å². The zero-order chi connectivity index (χ0) is 21.1. The van der Waals surface area contributed by atoms with Crippen LogP contribution >= 0.6 is 0 Å². The quantitative estimate of drug-likeness (QED) is 0.600. The molecule has 1 unspecified atom stereocenters. The molecule has 0 heterocycles. The van der Waals surface area contributed by atoms with Crippen LogP contribution < -0.4 is 10.1 Å². The molecule has 0 spiro atoms. The predicted molar refractivity (Wildman–Crippen MR) is 107 cm³/mol. The summed E-state index contributed by atoms with van der Waals surface area (Å²) in [6, 6.07) is 12.4. The van der Waals surface area contributed by atoms with Gasteiger partial charge >= 0.3 is 0 Å². The highest BCUT2D eigenvalue weighted by atomic mass is 32.2. The third-order valence-corrected chi connectivity index (χ3v) is 6.40. The number of aliphatic hydroxyl groups is 2. The second kappa shape index (κ2) is 8.79. The molecule has 3 atom stereocenters. The minimum atomic E-state index is -3.27. The average Bonchev–Trinajstić information content (AvgIpc) is 2.95. The van der Waals surface area contributed by atoms with Crippen molar-refractivity contribution in [1.82, 2.24) is 5.32 Å². The van der Waals surface area contributed by atoms with E-state index in [1.165, 1.54) is 24.3 Å². The van der Waals surface area contributed by atoms with E-state index in [2.05, 4.69) is 5.32 Å². The molecular formula is C21H26FNO5S. The molecule has 2 aromatic carbocycles. The third-order valence-electron chi connectivity index (χ3n) is 5.27. The molecule has 0 saturated heterocycles. The summed E-state index contributed by atoms with van der Waals surface area (Å²) in [5, 5.41) is 23.4. The summed E-state index contributed by atoms with van der Waals surface area (Å²) in [6.07, 6.45) is 0.266. The number of halogens is 1. The lowest BCUT2D eigenvalue weighted by Crippen LogP contribution is -2.37. The van der Waals surface area contributed by atoms with Gasteiger partial charge in [0.25, 0.3) is 0 Å². The van der Waals surface area contributed by atoms with E-state index in [0.29, 0.717) is 31.7 Å². The largest absolute Gasteiger partial charge is 0.493 e. The van der Waals surface area contributed by atoms with Crippen molar-refractivity contribution in [3.63, 3.8) is 0 Å². The minimum absolute atomic E-state index is 0.215. The molecule has 0 bridgehead atoms. The van der Waals surface area contributed by atoms with Gasteiger partial charge in [0.2, 0.25) is 0 Å². The molecule has 8 heteroatoms. The maximum Gasteiger partial charge on any atom is 0.175 e. The highest BCUT2D eigenvalue weighted by molar-refractivity contribution is 7.90. The van der Waals surface area contributed by atoms with Crippen LogP contribution in [0.15, 0.2) is 53.4 Å². The molecule has 158 valence electrons. The van der Waals surface area contributed by atoms with Gasteiger partial charge < -0.3 is 20.3 Å². The molecule has 3 rings (SSSR count). The lowest BCUT2D eigenvalue weighted by Gasteiger charge is -2.29. The first-order valence-corrected chi connectivity index (χ1v) is 11.3. The van der Waals surface area contributed by atoms with E-state index in [9.17, 15) is 23.0 Å². The Morgan fingerprint density at radius 3 is 2.21 bits per heavy atom. The Morgan fingerprint density at radius 1 is 1.07 bits per heavy atom. The van der Waals surface area contributed by atoms with E-state index in [0.717, 1.165) is 11.8 Å². The maximum atomic E-state index is 13.0. The van der Waals surface area contributed by atoms with Crippen molar-refractivity contribution < 1.29 is 27.8 Å². The van der Waals surface area contributed by atoms with Crippen LogP contribution in [-0.4, -0.2) is 50.2 Å². The summed E-state index contributed by atoms with van der Waals surface area (Å²) in [7, 11) is -3.27. The Bertz CT molecular complexity index is 905. The molecule has 1 fully saturated rings. The highest BCUT2D eigenvalue weighted by Gasteiger charge is 2.44. The van der Waals surface area contributed by atoms with E-state index in [4.69, 9.17) is 4.74 Å². The van der Waals surface area contributed by atoms with Crippen molar-refractivity contribution in [2.24, 2.45) is 5.41 Å². The van der Waals surface area contributed by atoms with Crippen molar-refractivity contribution >= 4 is 9.84 Å². The lowest BCUT2D eigenvalue weighted by atomic mass is 9.86. The van der Waals surface area contributed by atoms with Crippen LogP contribution in [0, 0.1) is 11.2 Å². The van der Waals surface area contributed by atoms with Gasteiger partial charge in [-0.25, -0.2) is 12.8 Å². The first-order valence-electron chi connectivity index (χ1n) is 9.41. The van der Waals surface area contributed by atoms with E-state index < -0.39 is 27.5 Å². The lowest BCUT2D eigenvalue weighted by molar-refractivity contribution is 0.0438. The van der Waals surface area contributed by atoms with Crippen molar-refractivity contribution in [2.45, 2.75) is 36.5 Å². The average molecular weight is 424 g/mol. The fourth-order valence-electron chi connectivity index (χ4n) is 3.65. The van der Waals surface area contributed by atoms with Gasteiger partial charge in [0.05, 0.1) is 23.7 Å². The molecule has 6 nitrogen and oxygen atoms in total. The Morgan fingerprint density at radius 2 is 1.66 bits per heavy atom. The maximum absolute atomic E-state index is 13.0. The van der Waals surface area contributed by atoms with Crippen LogP contribution in [0.1, 0.15) is 18.4 Å². The van der Waals surface area contributed by atoms with Crippen LogP contribution in [0.5, 0.6) is 5.75 Å². The molecule has 0 amide bonds. The summed E-state index contributed by atoms with van der Waals surface area (Å²) in [5.74, 6) is 0.230. The summed E-state index contributed by atoms with van der Waals surface area (Å²) in [6.45, 7) is 1.28. The van der Waals surface area contributed by atoms with E-state index in [-0.39, 0.29) is 17.3 Å². The van der Waals surface area contributed by atoms with Crippen LogP contribution in [-0.2, 0) is 16.4 Å². The van der Waals surface area contributed by atoms with Gasteiger partial charge in [-0.1, -0.05) is 12.1 Å². The number of benzene rings is 2. The summed E-state index contributed by atoms with van der Waals surface area (Å²) in [5.41, 5.74) is 0.451. The highest BCUT2D eigenvalue weighted by Crippen LogP contribution is 2.38.